The van der Waals surface area contributed by atoms with Gasteiger partial charge in [0.05, 0.1) is 29.1 Å². The normalized spacial score (nSPS) is 12.5. The molecule has 31 heavy (non-hydrogen) atoms. The number of benzene rings is 1. The third kappa shape index (κ3) is 4.22. The van der Waals surface area contributed by atoms with Gasteiger partial charge in [-0.25, -0.2) is 15.0 Å². The van der Waals surface area contributed by atoms with Crippen molar-refractivity contribution in [3.63, 3.8) is 0 Å². The van der Waals surface area contributed by atoms with E-state index >= 15 is 0 Å². The van der Waals surface area contributed by atoms with Crippen LogP contribution in [0.4, 0.5) is 19.1 Å². The molecule has 10 heteroatoms. The number of alkyl halides is 3. The smallest absolute Gasteiger partial charge is 0.348 e. The molecule has 0 aliphatic heterocycles. The molecule has 0 fully saturated rings. The Morgan fingerprint density at radius 1 is 1.16 bits per heavy atom. The molecule has 156 valence electrons. The highest BCUT2D eigenvalue weighted by Crippen LogP contribution is 2.35. The van der Waals surface area contributed by atoms with Gasteiger partial charge in [-0.1, -0.05) is 28.1 Å². The summed E-state index contributed by atoms with van der Waals surface area (Å²) in [6, 6.07) is 10.6. The summed E-state index contributed by atoms with van der Waals surface area (Å²) in [5, 5.41) is 12.9. The molecule has 0 saturated heterocycles. The van der Waals surface area contributed by atoms with Crippen molar-refractivity contribution >= 4 is 32.9 Å². The Morgan fingerprint density at radius 3 is 2.58 bits per heavy atom. The van der Waals surface area contributed by atoms with Crippen molar-refractivity contribution < 1.29 is 13.2 Å². The molecule has 6 nitrogen and oxygen atoms in total. The molecule has 1 aromatic carbocycles. The maximum atomic E-state index is 13.2. The minimum Gasteiger partial charge on any atom is -0.348 e. The number of nitrogens with zero attached hydrogens (tertiary/aromatic N) is 4. The summed E-state index contributed by atoms with van der Waals surface area (Å²) in [7, 11) is 0. The first-order valence-electron chi connectivity index (χ1n) is 9.10. The molecule has 0 bridgehead atoms. The molecule has 0 saturated carbocycles. The zero-order chi connectivity index (χ0) is 22.2. The van der Waals surface area contributed by atoms with Crippen LogP contribution in [0.15, 0.2) is 53.4 Å². The quantitative estimate of drug-likeness (QED) is 0.377. The number of halogens is 4. The van der Waals surface area contributed by atoms with E-state index in [1.54, 1.807) is 0 Å². The molecule has 3 aromatic heterocycles. The van der Waals surface area contributed by atoms with Gasteiger partial charge in [0.2, 0.25) is 5.95 Å². The first kappa shape index (κ1) is 20.8. The van der Waals surface area contributed by atoms with Gasteiger partial charge in [0, 0.05) is 27.8 Å². The third-order valence-electron chi connectivity index (χ3n) is 4.74. The molecule has 4 rings (SSSR count). The van der Waals surface area contributed by atoms with Crippen LogP contribution in [0.2, 0.25) is 0 Å². The van der Waals surface area contributed by atoms with E-state index in [0.717, 1.165) is 22.3 Å². The standard InChI is InChI=1S/C21H14BrF3N6/c1-11(12-2-4-15(22)5-3-12)30-20-29-8-13(7-26)18(31-20)17-10-28-19-16(17)6-14(9-27-19)21(23,24)25/h2-6,8-11H,1H3,(H,27,28)(H,29,30,31)/t11-/m1/s1. The average molecular weight is 487 g/mol. The van der Waals surface area contributed by atoms with Crippen LogP contribution in [0, 0.1) is 11.3 Å². The second-order valence-electron chi connectivity index (χ2n) is 6.81. The van der Waals surface area contributed by atoms with E-state index in [9.17, 15) is 18.4 Å². The van der Waals surface area contributed by atoms with Crippen LogP contribution in [0.3, 0.4) is 0 Å². The number of fused-ring (bicyclic) bond motifs is 1. The second-order valence-corrected chi connectivity index (χ2v) is 7.72. The molecule has 0 spiro atoms. The van der Waals surface area contributed by atoms with Gasteiger partial charge in [0.15, 0.2) is 0 Å². The molecule has 2 N–H and O–H groups in total. The maximum absolute atomic E-state index is 13.2. The molecular weight excluding hydrogens is 473 g/mol. The molecule has 3 heterocycles. The van der Waals surface area contributed by atoms with E-state index in [-0.39, 0.29) is 34.3 Å². The van der Waals surface area contributed by atoms with Gasteiger partial charge in [-0.3, -0.25) is 0 Å². The summed E-state index contributed by atoms with van der Waals surface area (Å²) in [6.45, 7) is 1.93. The average Bonchev–Trinajstić information content (AvgIpc) is 3.16. The van der Waals surface area contributed by atoms with Crippen LogP contribution >= 0.6 is 15.9 Å². The molecule has 0 radical (unpaired) electrons. The molecule has 1 atom stereocenters. The Balaban J connectivity index is 1.75. The summed E-state index contributed by atoms with van der Waals surface area (Å²) in [4.78, 5) is 15.3. The van der Waals surface area contributed by atoms with Gasteiger partial charge in [-0.2, -0.15) is 18.4 Å². The predicted molar refractivity (Wildman–Crippen MR) is 113 cm³/mol. The monoisotopic (exact) mass is 486 g/mol. The minimum absolute atomic E-state index is 0.139. The Bertz CT molecular complexity index is 1290. The number of aromatic nitrogens is 4. The fourth-order valence-electron chi connectivity index (χ4n) is 3.12. The van der Waals surface area contributed by atoms with Crippen LogP contribution < -0.4 is 5.32 Å². The number of H-pyrrole nitrogens is 1. The van der Waals surface area contributed by atoms with E-state index in [1.165, 1.54) is 12.4 Å². The number of rotatable bonds is 4. The Morgan fingerprint density at radius 2 is 1.90 bits per heavy atom. The van der Waals surface area contributed by atoms with Gasteiger partial charge in [0.1, 0.15) is 11.7 Å². The number of nitrogens with one attached hydrogen (secondary N) is 2. The van der Waals surface area contributed by atoms with Crippen molar-refractivity contribution in [1.82, 2.24) is 19.9 Å². The maximum Gasteiger partial charge on any atom is 0.417 e. The van der Waals surface area contributed by atoms with Crippen LogP contribution in [0.1, 0.15) is 29.7 Å². The highest BCUT2D eigenvalue weighted by Gasteiger charge is 2.31. The van der Waals surface area contributed by atoms with Crippen molar-refractivity contribution in [2.45, 2.75) is 19.1 Å². The van der Waals surface area contributed by atoms with Crippen molar-refractivity contribution in [2.24, 2.45) is 0 Å². The highest BCUT2D eigenvalue weighted by atomic mass is 79.9. The minimum atomic E-state index is -4.54. The summed E-state index contributed by atoms with van der Waals surface area (Å²) >= 11 is 3.39. The van der Waals surface area contributed by atoms with Crippen molar-refractivity contribution in [3.8, 4) is 17.3 Å². The predicted octanol–water partition coefficient (Wildman–Crippen LogP) is 5.85. The zero-order valence-electron chi connectivity index (χ0n) is 16.0. The number of nitriles is 1. The zero-order valence-corrected chi connectivity index (χ0v) is 17.6. The number of aromatic amines is 1. The van der Waals surface area contributed by atoms with Crippen LogP contribution in [0.5, 0.6) is 0 Å². The molecule has 0 aliphatic carbocycles. The number of hydrogen-bond acceptors (Lipinski definition) is 5. The number of hydrogen-bond donors (Lipinski definition) is 2. The van der Waals surface area contributed by atoms with E-state index in [0.29, 0.717) is 5.56 Å². The van der Waals surface area contributed by atoms with Crippen LogP contribution in [-0.2, 0) is 6.18 Å². The largest absolute Gasteiger partial charge is 0.417 e. The summed E-state index contributed by atoms with van der Waals surface area (Å²) < 4.78 is 40.4. The van der Waals surface area contributed by atoms with E-state index in [1.807, 2.05) is 37.3 Å². The van der Waals surface area contributed by atoms with Gasteiger partial charge in [-0.05, 0) is 30.7 Å². The molecule has 0 aliphatic rings. The van der Waals surface area contributed by atoms with E-state index in [4.69, 9.17) is 0 Å². The lowest BCUT2D eigenvalue weighted by Crippen LogP contribution is -2.10. The lowest BCUT2D eigenvalue weighted by atomic mass is 10.1. The van der Waals surface area contributed by atoms with Crippen molar-refractivity contribution in [3.05, 3.63) is 70.1 Å². The lowest BCUT2D eigenvalue weighted by molar-refractivity contribution is -0.137. The summed E-state index contributed by atoms with van der Waals surface area (Å²) in [5.41, 5.74) is 1.07. The van der Waals surface area contributed by atoms with Gasteiger partial charge < -0.3 is 10.3 Å². The third-order valence-corrected chi connectivity index (χ3v) is 5.27. The first-order chi connectivity index (χ1) is 14.8. The Labute approximate surface area is 183 Å². The van der Waals surface area contributed by atoms with Crippen molar-refractivity contribution in [1.29, 1.82) is 5.26 Å². The summed E-state index contributed by atoms with van der Waals surface area (Å²) in [5.74, 6) is 0.249. The van der Waals surface area contributed by atoms with Crippen molar-refractivity contribution in [2.75, 3.05) is 5.32 Å². The van der Waals surface area contributed by atoms with E-state index in [2.05, 4.69) is 41.2 Å². The molecule has 4 aromatic rings. The van der Waals surface area contributed by atoms with Gasteiger partial charge >= 0.3 is 6.18 Å². The fourth-order valence-corrected chi connectivity index (χ4v) is 3.39. The SMILES string of the molecule is C[C@@H](Nc1ncc(C#N)c(-c2c[nH]c3ncc(C(F)(F)F)cc23)n1)c1ccc(Br)cc1. The topological polar surface area (TPSA) is 90.3 Å². The second kappa shape index (κ2) is 8.00. The first-order valence-corrected chi connectivity index (χ1v) is 9.89. The van der Waals surface area contributed by atoms with Crippen LogP contribution in [0.25, 0.3) is 22.3 Å². The summed E-state index contributed by atoms with van der Waals surface area (Å²) in [6.07, 6.45) is -0.936. The molecule has 0 amide bonds. The fraction of sp³-hybridized carbons (Fsp3) is 0.143. The Kier molecular flexibility index (Phi) is 5.37. The lowest BCUT2D eigenvalue weighted by Gasteiger charge is -2.15. The number of anilines is 1. The highest BCUT2D eigenvalue weighted by molar-refractivity contribution is 9.10. The van der Waals surface area contributed by atoms with E-state index < -0.39 is 11.7 Å². The van der Waals surface area contributed by atoms with Crippen LogP contribution in [-0.4, -0.2) is 19.9 Å². The molecule has 0 unspecified atom stereocenters. The van der Waals surface area contributed by atoms with Gasteiger partial charge in [-0.15, -0.1) is 0 Å². The Hall–Kier alpha value is -3.45. The number of pyridine rings is 1. The molecular formula is C21H14BrF3N6. The van der Waals surface area contributed by atoms with Gasteiger partial charge in [0.25, 0.3) is 0 Å².